The number of carbonyl (C=O) groups is 1. The van der Waals surface area contributed by atoms with Gasteiger partial charge in [-0.05, 0) is 12.6 Å². The molecule has 0 aliphatic heterocycles. The second-order valence-electron chi connectivity index (χ2n) is 4.16. The highest BCUT2D eigenvalue weighted by Crippen LogP contribution is 2.37. The number of halogens is 4. The van der Waals surface area contributed by atoms with Crippen LogP contribution in [0.25, 0.3) is 0 Å². The summed E-state index contributed by atoms with van der Waals surface area (Å²) in [5.41, 5.74) is 0.110. The Hall–Kier alpha value is -1.27. The normalized spacial score (nSPS) is 12.4. The minimum Gasteiger partial charge on any atom is -0.355 e. The molecule has 114 valence electrons. The number of rotatable bonds is 6. The third kappa shape index (κ3) is 6.25. The van der Waals surface area contributed by atoms with Gasteiger partial charge in [-0.1, -0.05) is 30.3 Å². The topological polar surface area (TPSA) is 41.1 Å². The molecule has 1 unspecified atom stereocenters. The van der Waals surface area contributed by atoms with Crippen molar-refractivity contribution in [3.63, 3.8) is 0 Å². The van der Waals surface area contributed by atoms with Crippen LogP contribution in [0.4, 0.5) is 13.2 Å². The summed E-state index contributed by atoms with van der Waals surface area (Å²) in [6.07, 6.45) is -5.01. The van der Waals surface area contributed by atoms with Crippen molar-refractivity contribution in [3.8, 4) is 0 Å². The Bertz CT molecular complexity index is 398. The highest BCUT2D eigenvalue weighted by Gasteiger charge is 2.41. The van der Waals surface area contributed by atoms with E-state index in [1.807, 2.05) is 0 Å². The minimum absolute atomic E-state index is 0. The number of alkyl halides is 3. The van der Waals surface area contributed by atoms with Gasteiger partial charge in [-0.2, -0.15) is 13.2 Å². The molecule has 0 aromatic heterocycles. The fourth-order valence-corrected chi connectivity index (χ4v) is 1.69. The molecular formula is C13H18ClF3N2O. The monoisotopic (exact) mass is 310 g/mol. The van der Waals surface area contributed by atoms with Crippen molar-refractivity contribution in [2.24, 2.45) is 0 Å². The van der Waals surface area contributed by atoms with Crippen LogP contribution >= 0.6 is 12.4 Å². The number of hydrogen-bond acceptors (Lipinski definition) is 2. The number of carbonyl (C=O) groups excluding carboxylic acids is 1. The van der Waals surface area contributed by atoms with Crippen molar-refractivity contribution in [3.05, 3.63) is 35.9 Å². The average molecular weight is 311 g/mol. The van der Waals surface area contributed by atoms with E-state index >= 15 is 0 Å². The summed E-state index contributed by atoms with van der Waals surface area (Å²) in [5, 5.41) is 5.26. The molecule has 0 fully saturated rings. The van der Waals surface area contributed by atoms with Gasteiger partial charge in [0, 0.05) is 19.5 Å². The van der Waals surface area contributed by atoms with Crippen LogP contribution in [0.3, 0.4) is 0 Å². The van der Waals surface area contributed by atoms with Gasteiger partial charge in [0.25, 0.3) is 0 Å². The lowest BCUT2D eigenvalue weighted by molar-refractivity contribution is -0.157. The van der Waals surface area contributed by atoms with Crippen LogP contribution in [-0.4, -0.2) is 32.2 Å². The second-order valence-corrected chi connectivity index (χ2v) is 4.16. The van der Waals surface area contributed by atoms with Gasteiger partial charge < -0.3 is 10.6 Å². The van der Waals surface area contributed by atoms with Gasteiger partial charge in [0.1, 0.15) is 0 Å². The summed E-state index contributed by atoms with van der Waals surface area (Å²) in [5.74, 6) is -2.36. The molecule has 0 aliphatic rings. The maximum absolute atomic E-state index is 13.0. The molecule has 1 aromatic rings. The van der Waals surface area contributed by atoms with Crippen LogP contribution in [0.5, 0.6) is 0 Å². The molecule has 0 saturated heterocycles. The Morgan fingerprint density at radius 1 is 1.20 bits per heavy atom. The number of hydrogen-bond donors (Lipinski definition) is 2. The molecule has 1 atom stereocenters. The molecule has 20 heavy (non-hydrogen) atoms. The number of nitrogens with one attached hydrogen (secondary N) is 2. The summed E-state index contributed by atoms with van der Waals surface area (Å²) >= 11 is 0. The van der Waals surface area contributed by atoms with Gasteiger partial charge in [-0.25, -0.2) is 0 Å². The summed E-state index contributed by atoms with van der Waals surface area (Å²) < 4.78 is 38.9. The van der Waals surface area contributed by atoms with Crippen LogP contribution in [0, 0.1) is 0 Å². The summed E-state index contributed by atoms with van der Waals surface area (Å²) in [6, 6.07) is 7.49. The SMILES string of the molecule is CNCCNC(=O)CC(c1ccccc1)C(F)(F)F.Cl. The highest BCUT2D eigenvalue weighted by molar-refractivity contribution is 5.85. The van der Waals surface area contributed by atoms with E-state index in [9.17, 15) is 18.0 Å². The van der Waals surface area contributed by atoms with Crippen molar-refractivity contribution in [1.29, 1.82) is 0 Å². The van der Waals surface area contributed by atoms with Gasteiger partial charge >= 0.3 is 6.18 Å². The molecule has 0 aliphatic carbocycles. The average Bonchev–Trinajstić information content (AvgIpc) is 2.36. The Morgan fingerprint density at radius 2 is 1.80 bits per heavy atom. The van der Waals surface area contributed by atoms with Crippen LogP contribution < -0.4 is 10.6 Å². The lowest BCUT2D eigenvalue weighted by atomic mass is 9.95. The fraction of sp³-hybridized carbons (Fsp3) is 0.462. The largest absolute Gasteiger partial charge is 0.396 e. The first-order valence-corrected chi connectivity index (χ1v) is 5.98. The van der Waals surface area contributed by atoms with E-state index in [0.717, 1.165) is 0 Å². The number of likely N-dealkylation sites (N-methyl/N-ethyl adjacent to an activating group) is 1. The zero-order valence-corrected chi connectivity index (χ0v) is 11.9. The van der Waals surface area contributed by atoms with E-state index in [4.69, 9.17) is 0 Å². The van der Waals surface area contributed by atoms with Crippen molar-refractivity contribution < 1.29 is 18.0 Å². The molecular weight excluding hydrogens is 293 g/mol. The molecule has 0 radical (unpaired) electrons. The molecule has 2 N–H and O–H groups in total. The van der Waals surface area contributed by atoms with Crippen molar-refractivity contribution in [2.75, 3.05) is 20.1 Å². The van der Waals surface area contributed by atoms with Gasteiger partial charge in [-0.15, -0.1) is 12.4 Å². The lowest BCUT2D eigenvalue weighted by Crippen LogP contribution is -2.34. The van der Waals surface area contributed by atoms with Crippen LogP contribution in [0.1, 0.15) is 17.9 Å². The Kier molecular flexibility index (Phi) is 8.25. The van der Waals surface area contributed by atoms with E-state index in [1.54, 1.807) is 13.1 Å². The van der Waals surface area contributed by atoms with Crippen molar-refractivity contribution in [1.82, 2.24) is 10.6 Å². The van der Waals surface area contributed by atoms with Crippen molar-refractivity contribution >= 4 is 18.3 Å². The minimum atomic E-state index is -4.43. The van der Waals surface area contributed by atoms with Gasteiger partial charge in [0.15, 0.2) is 0 Å². The molecule has 0 saturated carbocycles. The first-order chi connectivity index (χ1) is 8.95. The lowest BCUT2D eigenvalue weighted by Gasteiger charge is -2.20. The first kappa shape index (κ1) is 18.7. The molecule has 1 aromatic carbocycles. The van der Waals surface area contributed by atoms with Gasteiger partial charge in [-0.3, -0.25) is 4.79 Å². The second kappa shape index (κ2) is 8.81. The smallest absolute Gasteiger partial charge is 0.355 e. The summed E-state index contributed by atoms with van der Waals surface area (Å²) in [6.45, 7) is 0.836. The summed E-state index contributed by atoms with van der Waals surface area (Å²) in [4.78, 5) is 11.5. The van der Waals surface area contributed by atoms with Gasteiger partial charge in [0.2, 0.25) is 5.91 Å². The maximum atomic E-state index is 13.0. The zero-order valence-electron chi connectivity index (χ0n) is 11.0. The zero-order chi connectivity index (χ0) is 14.3. The highest BCUT2D eigenvalue weighted by atomic mass is 35.5. The molecule has 0 spiro atoms. The van der Waals surface area contributed by atoms with Crippen LogP contribution in [0.2, 0.25) is 0 Å². The Morgan fingerprint density at radius 3 is 2.30 bits per heavy atom. The standard InChI is InChI=1S/C13H17F3N2O.ClH/c1-17-7-8-18-12(19)9-11(13(14,15)16)10-5-3-2-4-6-10;/h2-6,11,17H,7-9H2,1H3,(H,18,19);1H. The first-order valence-electron chi connectivity index (χ1n) is 5.98. The van der Waals surface area contributed by atoms with Crippen molar-refractivity contribution in [2.45, 2.75) is 18.5 Å². The van der Waals surface area contributed by atoms with E-state index in [2.05, 4.69) is 10.6 Å². The van der Waals surface area contributed by atoms with Crippen LogP contribution in [0.15, 0.2) is 30.3 Å². The van der Waals surface area contributed by atoms with E-state index in [1.165, 1.54) is 24.3 Å². The molecule has 7 heteroatoms. The molecule has 1 amide bonds. The molecule has 0 heterocycles. The third-order valence-corrected chi connectivity index (χ3v) is 2.68. The Balaban J connectivity index is 0.00000361. The molecule has 3 nitrogen and oxygen atoms in total. The predicted molar refractivity (Wildman–Crippen MR) is 74.0 cm³/mol. The van der Waals surface area contributed by atoms with E-state index in [0.29, 0.717) is 13.1 Å². The maximum Gasteiger partial charge on any atom is 0.396 e. The summed E-state index contributed by atoms with van der Waals surface area (Å²) in [7, 11) is 1.70. The van der Waals surface area contributed by atoms with Gasteiger partial charge in [0.05, 0.1) is 5.92 Å². The predicted octanol–water partition coefficient (Wildman–Crippen LogP) is 2.48. The Labute approximate surface area is 122 Å². The number of benzene rings is 1. The van der Waals surface area contributed by atoms with E-state index in [-0.39, 0.29) is 18.0 Å². The number of amides is 1. The van der Waals surface area contributed by atoms with E-state index < -0.39 is 24.4 Å². The molecule has 0 bridgehead atoms. The fourth-order valence-electron chi connectivity index (χ4n) is 1.69. The third-order valence-electron chi connectivity index (χ3n) is 2.68. The molecule has 1 rings (SSSR count). The quantitative estimate of drug-likeness (QED) is 0.793. The van der Waals surface area contributed by atoms with Crippen LogP contribution in [-0.2, 0) is 4.79 Å².